The lowest BCUT2D eigenvalue weighted by Gasteiger charge is -2.21. The average molecular weight is 288 g/mol. The average Bonchev–Trinajstić information content (AvgIpc) is 2.33. The van der Waals surface area contributed by atoms with E-state index in [2.05, 4.69) is 5.32 Å². The highest BCUT2D eigenvalue weighted by atomic mass is 32.2. The Morgan fingerprint density at radius 2 is 1.84 bits per heavy atom. The molecule has 0 aliphatic carbocycles. The van der Waals surface area contributed by atoms with Gasteiger partial charge in [0.1, 0.15) is 17.3 Å². The second-order valence-electron chi connectivity index (χ2n) is 4.86. The molecule has 0 radical (unpaired) electrons. The molecule has 0 aliphatic rings. The summed E-state index contributed by atoms with van der Waals surface area (Å²) in [6, 6.07) is 3.10. The van der Waals surface area contributed by atoms with E-state index in [0.29, 0.717) is 18.7 Å². The lowest BCUT2D eigenvalue weighted by molar-refractivity contribution is 0.558. The van der Waals surface area contributed by atoms with Crippen molar-refractivity contribution >= 4 is 17.4 Å². The molecule has 0 atom stereocenters. The van der Waals surface area contributed by atoms with Gasteiger partial charge in [-0.3, -0.25) is 0 Å². The van der Waals surface area contributed by atoms with Crippen molar-refractivity contribution < 1.29 is 8.78 Å². The van der Waals surface area contributed by atoms with Crippen molar-refractivity contribution in [3.05, 3.63) is 29.3 Å². The van der Waals surface area contributed by atoms with E-state index in [0.717, 1.165) is 5.75 Å². The minimum Gasteiger partial charge on any atom is -0.369 e. The molecule has 0 aromatic heterocycles. The van der Waals surface area contributed by atoms with Crippen LogP contribution in [0, 0.1) is 11.6 Å². The molecule has 0 unspecified atom stereocenters. The van der Waals surface area contributed by atoms with Crippen LogP contribution in [0.25, 0.3) is 0 Å². The first-order chi connectivity index (χ1) is 8.95. The van der Waals surface area contributed by atoms with Crippen LogP contribution in [0.15, 0.2) is 12.1 Å². The van der Waals surface area contributed by atoms with E-state index in [1.54, 1.807) is 23.7 Å². The molecule has 1 rings (SSSR count). The molecule has 0 saturated heterocycles. The lowest BCUT2D eigenvalue weighted by atomic mass is 10.1. The van der Waals surface area contributed by atoms with Crippen LogP contribution in [0.1, 0.15) is 19.4 Å². The van der Waals surface area contributed by atoms with Crippen molar-refractivity contribution in [2.75, 3.05) is 30.5 Å². The van der Waals surface area contributed by atoms with Crippen LogP contribution >= 0.6 is 11.8 Å². The molecule has 2 nitrogen and oxygen atoms in total. The largest absolute Gasteiger partial charge is 0.369 e. The molecule has 0 heterocycles. The number of nitrogens with zero attached hydrogens (tertiary/aromatic N) is 1. The first-order valence-electron chi connectivity index (χ1n) is 6.37. The third kappa shape index (κ3) is 4.99. The molecule has 0 spiro atoms. The maximum absolute atomic E-state index is 14.0. The van der Waals surface area contributed by atoms with Crippen molar-refractivity contribution in [2.45, 2.75) is 26.4 Å². The van der Waals surface area contributed by atoms with E-state index in [4.69, 9.17) is 0 Å². The van der Waals surface area contributed by atoms with Gasteiger partial charge in [-0.15, -0.1) is 0 Å². The number of anilines is 1. The van der Waals surface area contributed by atoms with Crippen molar-refractivity contribution in [3.63, 3.8) is 0 Å². The maximum Gasteiger partial charge on any atom is 0.149 e. The third-order valence-corrected chi connectivity index (χ3v) is 3.39. The van der Waals surface area contributed by atoms with Gasteiger partial charge in [-0.2, -0.15) is 11.8 Å². The van der Waals surface area contributed by atoms with Crippen LogP contribution in [0.3, 0.4) is 0 Å². The standard InChI is InChI=1S/C14H22F2N2S/c1-10(2)17-9-11-7-12(15)14(13(16)8-11)18(3)5-6-19-4/h7-8,10,17H,5-6,9H2,1-4H3. The molecule has 1 aromatic rings. The fraction of sp³-hybridized carbons (Fsp3) is 0.571. The first-order valence-corrected chi connectivity index (χ1v) is 7.76. The Kier molecular flexibility index (Phi) is 6.58. The highest BCUT2D eigenvalue weighted by Crippen LogP contribution is 2.24. The molecule has 5 heteroatoms. The zero-order valence-electron chi connectivity index (χ0n) is 12.0. The van der Waals surface area contributed by atoms with Crippen LogP contribution in [-0.4, -0.2) is 31.6 Å². The summed E-state index contributed by atoms with van der Waals surface area (Å²) in [5.41, 5.74) is 0.688. The number of hydrogen-bond donors (Lipinski definition) is 1. The Morgan fingerprint density at radius 1 is 1.26 bits per heavy atom. The van der Waals surface area contributed by atoms with Crippen LogP contribution in [-0.2, 0) is 6.54 Å². The number of rotatable bonds is 7. The minimum atomic E-state index is -0.496. The molecule has 108 valence electrons. The summed E-state index contributed by atoms with van der Waals surface area (Å²) in [4.78, 5) is 1.63. The maximum atomic E-state index is 14.0. The molecular formula is C14H22F2N2S. The van der Waals surface area contributed by atoms with Gasteiger partial charge < -0.3 is 10.2 Å². The molecule has 19 heavy (non-hydrogen) atoms. The topological polar surface area (TPSA) is 15.3 Å². The SMILES string of the molecule is CSCCN(C)c1c(F)cc(CNC(C)C)cc1F. The van der Waals surface area contributed by atoms with Crippen LogP contribution in [0.2, 0.25) is 0 Å². The smallest absolute Gasteiger partial charge is 0.149 e. The van der Waals surface area contributed by atoms with E-state index in [1.165, 1.54) is 12.1 Å². The zero-order valence-corrected chi connectivity index (χ0v) is 12.8. The van der Waals surface area contributed by atoms with Crippen molar-refractivity contribution in [1.82, 2.24) is 5.32 Å². The van der Waals surface area contributed by atoms with E-state index in [-0.39, 0.29) is 11.7 Å². The highest BCUT2D eigenvalue weighted by Gasteiger charge is 2.15. The summed E-state index contributed by atoms with van der Waals surface area (Å²) < 4.78 is 28.0. The van der Waals surface area contributed by atoms with Gasteiger partial charge in [0, 0.05) is 31.9 Å². The third-order valence-electron chi connectivity index (χ3n) is 2.80. The minimum absolute atomic E-state index is 0.0577. The molecule has 0 bridgehead atoms. The van der Waals surface area contributed by atoms with Gasteiger partial charge >= 0.3 is 0 Å². The summed E-state index contributed by atoms with van der Waals surface area (Å²) in [5, 5.41) is 3.15. The van der Waals surface area contributed by atoms with Crippen LogP contribution in [0.4, 0.5) is 14.5 Å². The van der Waals surface area contributed by atoms with Gasteiger partial charge in [0.2, 0.25) is 0 Å². The van der Waals surface area contributed by atoms with Crippen molar-refractivity contribution in [3.8, 4) is 0 Å². The Bertz CT molecular complexity index is 387. The van der Waals surface area contributed by atoms with E-state index < -0.39 is 11.6 Å². The number of thioether (sulfide) groups is 1. The van der Waals surface area contributed by atoms with E-state index in [1.807, 2.05) is 20.1 Å². The monoisotopic (exact) mass is 288 g/mol. The summed E-state index contributed by atoms with van der Waals surface area (Å²) >= 11 is 1.65. The van der Waals surface area contributed by atoms with Gasteiger partial charge in [0.15, 0.2) is 0 Å². The van der Waals surface area contributed by atoms with E-state index >= 15 is 0 Å². The second-order valence-corrected chi connectivity index (χ2v) is 5.84. The first kappa shape index (κ1) is 16.2. The lowest BCUT2D eigenvalue weighted by Crippen LogP contribution is -2.24. The van der Waals surface area contributed by atoms with Crippen LogP contribution < -0.4 is 10.2 Å². The molecule has 0 aliphatic heterocycles. The summed E-state index contributed by atoms with van der Waals surface area (Å²) in [5.74, 6) is -0.153. The fourth-order valence-electron chi connectivity index (χ4n) is 1.75. The van der Waals surface area contributed by atoms with Gasteiger partial charge in [0.05, 0.1) is 0 Å². The Morgan fingerprint density at radius 3 is 2.32 bits per heavy atom. The Hall–Kier alpha value is -0.810. The Balaban J connectivity index is 2.84. The van der Waals surface area contributed by atoms with Gasteiger partial charge in [-0.05, 0) is 24.0 Å². The second kappa shape index (κ2) is 7.70. The molecular weight excluding hydrogens is 266 g/mol. The predicted octanol–water partition coefficient (Wildman–Crippen LogP) is 3.26. The van der Waals surface area contributed by atoms with Crippen molar-refractivity contribution in [1.29, 1.82) is 0 Å². The molecule has 0 amide bonds. The van der Waals surface area contributed by atoms with Crippen LogP contribution in [0.5, 0.6) is 0 Å². The molecule has 0 fully saturated rings. The highest BCUT2D eigenvalue weighted by molar-refractivity contribution is 7.98. The molecule has 1 aromatic carbocycles. The van der Waals surface area contributed by atoms with Crippen molar-refractivity contribution in [2.24, 2.45) is 0 Å². The summed E-state index contributed by atoms with van der Waals surface area (Å²) in [6.45, 7) is 5.09. The normalized spacial score (nSPS) is 11.1. The quantitative estimate of drug-likeness (QED) is 0.829. The van der Waals surface area contributed by atoms with E-state index in [9.17, 15) is 8.78 Å². The number of nitrogens with one attached hydrogen (secondary N) is 1. The van der Waals surface area contributed by atoms with Gasteiger partial charge in [-0.25, -0.2) is 8.78 Å². The zero-order chi connectivity index (χ0) is 14.4. The Labute approximate surface area is 118 Å². The molecule has 0 saturated carbocycles. The van der Waals surface area contributed by atoms with Gasteiger partial charge in [-0.1, -0.05) is 13.8 Å². The molecule has 1 N–H and O–H groups in total. The van der Waals surface area contributed by atoms with Gasteiger partial charge in [0.25, 0.3) is 0 Å². The predicted molar refractivity (Wildman–Crippen MR) is 80.0 cm³/mol. The summed E-state index contributed by atoms with van der Waals surface area (Å²) in [7, 11) is 1.71. The fourth-order valence-corrected chi connectivity index (χ4v) is 2.20. The number of hydrogen-bond acceptors (Lipinski definition) is 3. The number of halogens is 2. The number of benzene rings is 1. The summed E-state index contributed by atoms with van der Waals surface area (Å²) in [6.07, 6.45) is 1.97.